The summed E-state index contributed by atoms with van der Waals surface area (Å²) in [7, 11) is 1.65. The maximum absolute atomic E-state index is 11.5. The molecule has 0 aromatic heterocycles. The van der Waals surface area contributed by atoms with Crippen molar-refractivity contribution in [3.63, 3.8) is 0 Å². The number of nitrogens with zero attached hydrogens (tertiary/aromatic N) is 2. The van der Waals surface area contributed by atoms with E-state index in [1.165, 1.54) is 11.1 Å². The van der Waals surface area contributed by atoms with Crippen LogP contribution >= 0.6 is 0 Å². The molecule has 2 saturated heterocycles. The summed E-state index contributed by atoms with van der Waals surface area (Å²) in [5, 5.41) is 22.3. The van der Waals surface area contributed by atoms with Gasteiger partial charge >= 0.3 is 0 Å². The zero-order valence-electron chi connectivity index (χ0n) is 18.6. The zero-order valence-corrected chi connectivity index (χ0v) is 18.6. The van der Waals surface area contributed by atoms with Crippen molar-refractivity contribution in [2.75, 3.05) is 7.11 Å². The summed E-state index contributed by atoms with van der Waals surface area (Å²) in [6.07, 6.45) is 0.964. The molecule has 5 rings (SSSR count). The number of benzene rings is 3. The number of ether oxygens (including phenoxy) is 1. The Kier molecular flexibility index (Phi) is 5.87. The van der Waals surface area contributed by atoms with Crippen LogP contribution in [0.5, 0.6) is 5.75 Å². The Balaban J connectivity index is 1.61. The summed E-state index contributed by atoms with van der Waals surface area (Å²) >= 11 is 0. The van der Waals surface area contributed by atoms with E-state index in [1.807, 2.05) is 24.3 Å². The van der Waals surface area contributed by atoms with Gasteiger partial charge in [0.25, 0.3) is 5.69 Å². The van der Waals surface area contributed by atoms with Crippen LogP contribution in [-0.2, 0) is 6.54 Å². The van der Waals surface area contributed by atoms with Gasteiger partial charge in [0.1, 0.15) is 5.75 Å². The second-order valence-electron chi connectivity index (χ2n) is 9.09. The Morgan fingerprint density at radius 3 is 2.24 bits per heavy atom. The van der Waals surface area contributed by atoms with Crippen molar-refractivity contribution in [2.24, 2.45) is 0 Å². The summed E-state index contributed by atoms with van der Waals surface area (Å²) < 4.78 is 5.36. The van der Waals surface area contributed by atoms with Gasteiger partial charge in [-0.15, -0.1) is 0 Å². The molecule has 2 aliphatic heterocycles. The normalized spacial score (nSPS) is 26.8. The Morgan fingerprint density at radius 1 is 0.939 bits per heavy atom. The summed E-state index contributed by atoms with van der Waals surface area (Å²) in [6.45, 7) is 0.793. The molecular weight excluding hydrogens is 416 g/mol. The number of hydrogen-bond donors (Lipinski definition) is 1. The molecule has 2 heterocycles. The summed E-state index contributed by atoms with van der Waals surface area (Å²) in [6, 6.07) is 25.8. The minimum absolute atomic E-state index is 0.0455. The first-order valence-corrected chi connectivity index (χ1v) is 11.4. The maximum Gasteiger partial charge on any atom is 0.269 e. The van der Waals surface area contributed by atoms with Crippen LogP contribution in [0.1, 0.15) is 41.4 Å². The van der Waals surface area contributed by atoms with Gasteiger partial charge in [0, 0.05) is 42.6 Å². The molecule has 0 spiro atoms. The summed E-state index contributed by atoms with van der Waals surface area (Å²) in [5.41, 5.74) is 3.48. The molecule has 0 aliphatic carbocycles. The lowest BCUT2D eigenvalue weighted by Gasteiger charge is -2.38. The van der Waals surface area contributed by atoms with E-state index in [-0.39, 0.29) is 40.6 Å². The van der Waals surface area contributed by atoms with Gasteiger partial charge in [0.05, 0.1) is 18.1 Å². The minimum Gasteiger partial charge on any atom is -0.497 e. The number of piperidine rings is 1. The van der Waals surface area contributed by atoms with Crippen LogP contribution in [0.25, 0.3) is 0 Å². The fraction of sp³-hybridized carbons (Fsp3) is 0.333. The molecule has 6 nitrogen and oxygen atoms in total. The largest absolute Gasteiger partial charge is 0.497 e. The van der Waals surface area contributed by atoms with Gasteiger partial charge in [0.2, 0.25) is 0 Å². The standard InChI is InChI=1S/C27H28N2O4/c1-33-23-12-10-19(11-13-23)26-24-15-22(30)16-25(28(24)17-18-6-3-2-4-7-18)27(26)20-8-5-9-21(14-20)29(31)32/h2-14,22,24-27,30H,15-17H2,1H3/t22-,24-,25+,26-,27+/m1/s1. The van der Waals surface area contributed by atoms with Gasteiger partial charge in [-0.1, -0.05) is 54.6 Å². The number of rotatable bonds is 6. The molecule has 33 heavy (non-hydrogen) atoms. The van der Waals surface area contributed by atoms with Crippen molar-refractivity contribution >= 4 is 5.69 Å². The van der Waals surface area contributed by atoms with Crippen molar-refractivity contribution < 1.29 is 14.8 Å². The third kappa shape index (κ3) is 4.12. The minimum atomic E-state index is -0.378. The van der Waals surface area contributed by atoms with Crippen molar-refractivity contribution in [2.45, 2.75) is 49.4 Å². The van der Waals surface area contributed by atoms with Crippen LogP contribution in [-0.4, -0.2) is 40.2 Å². The number of methoxy groups -OCH3 is 1. The number of aliphatic hydroxyl groups excluding tert-OH is 1. The van der Waals surface area contributed by atoms with Crippen LogP contribution in [0.15, 0.2) is 78.9 Å². The molecule has 2 fully saturated rings. The smallest absolute Gasteiger partial charge is 0.269 e. The highest BCUT2D eigenvalue weighted by atomic mass is 16.6. The first kappa shape index (κ1) is 21.6. The fourth-order valence-electron chi connectivity index (χ4n) is 5.91. The molecule has 0 radical (unpaired) electrons. The number of hydrogen-bond acceptors (Lipinski definition) is 5. The van der Waals surface area contributed by atoms with E-state index >= 15 is 0 Å². The van der Waals surface area contributed by atoms with Crippen LogP contribution in [0.4, 0.5) is 5.69 Å². The summed E-state index contributed by atoms with van der Waals surface area (Å²) in [4.78, 5) is 13.7. The van der Waals surface area contributed by atoms with Crippen LogP contribution in [0.3, 0.4) is 0 Å². The molecule has 3 aromatic rings. The highest BCUT2D eigenvalue weighted by Crippen LogP contribution is 2.54. The van der Waals surface area contributed by atoms with Gasteiger partial charge in [0.15, 0.2) is 0 Å². The molecule has 170 valence electrons. The van der Waals surface area contributed by atoms with Crippen LogP contribution in [0, 0.1) is 10.1 Å². The number of fused-ring (bicyclic) bond motifs is 2. The van der Waals surface area contributed by atoms with Crippen LogP contribution < -0.4 is 4.74 Å². The maximum atomic E-state index is 11.5. The van der Waals surface area contributed by atoms with E-state index in [4.69, 9.17) is 4.74 Å². The average molecular weight is 445 g/mol. The molecule has 1 N–H and O–H groups in total. The van der Waals surface area contributed by atoms with Crippen molar-refractivity contribution in [1.29, 1.82) is 0 Å². The fourth-order valence-corrected chi connectivity index (χ4v) is 5.91. The van der Waals surface area contributed by atoms with Gasteiger partial charge in [-0.3, -0.25) is 15.0 Å². The number of non-ortho nitro benzene ring substituents is 1. The molecule has 0 amide bonds. The quantitative estimate of drug-likeness (QED) is 0.433. The second kappa shape index (κ2) is 8.96. The third-order valence-corrected chi connectivity index (χ3v) is 7.27. The molecular formula is C27H28N2O4. The van der Waals surface area contributed by atoms with Crippen LogP contribution in [0.2, 0.25) is 0 Å². The predicted octanol–water partition coefficient (Wildman–Crippen LogP) is 4.88. The lowest BCUT2D eigenvalue weighted by Crippen LogP contribution is -2.45. The van der Waals surface area contributed by atoms with E-state index in [2.05, 4.69) is 41.3 Å². The lowest BCUT2D eigenvalue weighted by atomic mass is 9.78. The van der Waals surface area contributed by atoms with Crippen molar-refractivity contribution in [3.05, 3.63) is 106 Å². The Labute approximate surface area is 193 Å². The number of nitro groups is 1. The first-order chi connectivity index (χ1) is 16.0. The highest BCUT2D eigenvalue weighted by molar-refractivity contribution is 5.43. The van der Waals surface area contributed by atoms with E-state index in [9.17, 15) is 15.2 Å². The topological polar surface area (TPSA) is 75.8 Å². The SMILES string of the molecule is COc1ccc([C@H]2[C@@H](c3cccc([N+](=O)[O-])c3)[C@@H]3C[C@H](O)C[C@H]2N3Cc2ccccc2)cc1. The third-order valence-electron chi connectivity index (χ3n) is 7.27. The zero-order chi connectivity index (χ0) is 22.9. The number of aliphatic hydroxyl groups is 1. The van der Waals surface area contributed by atoms with E-state index < -0.39 is 0 Å². The average Bonchev–Trinajstić information content (AvgIpc) is 3.02. The van der Waals surface area contributed by atoms with E-state index in [1.54, 1.807) is 25.3 Å². The van der Waals surface area contributed by atoms with Crippen molar-refractivity contribution in [1.82, 2.24) is 4.90 Å². The predicted molar refractivity (Wildman–Crippen MR) is 126 cm³/mol. The van der Waals surface area contributed by atoms with Gasteiger partial charge in [-0.05, 0) is 41.7 Å². The Bertz CT molecular complexity index is 1120. The molecule has 0 unspecified atom stereocenters. The van der Waals surface area contributed by atoms with Crippen molar-refractivity contribution in [3.8, 4) is 5.75 Å². The van der Waals surface area contributed by atoms with Gasteiger partial charge in [-0.2, -0.15) is 0 Å². The van der Waals surface area contributed by atoms with Gasteiger partial charge in [-0.25, -0.2) is 0 Å². The Hall–Kier alpha value is -3.22. The molecule has 2 bridgehead atoms. The molecule has 6 heteroatoms. The number of nitro benzene ring substituents is 1. The second-order valence-corrected chi connectivity index (χ2v) is 9.09. The monoisotopic (exact) mass is 444 g/mol. The molecule has 0 saturated carbocycles. The molecule has 3 aromatic carbocycles. The molecule has 2 aliphatic rings. The first-order valence-electron chi connectivity index (χ1n) is 11.4. The lowest BCUT2D eigenvalue weighted by molar-refractivity contribution is -0.384. The highest BCUT2D eigenvalue weighted by Gasteiger charge is 2.53. The van der Waals surface area contributed by atoms with Gasteiger partial charge < -0.3 is 9.84 Å². The van der Waals surface area contributed by atoms with E-state index in [0.29, 0.717) is 12.8 Å². The van der Waals surface area contributed by atoms with E-state index in [0.717, 1.165) is 17.9 Å². The summed E-state index contributed by atoms with van der Waals surface area (Å²) in [5.74, 6) is 0.959. The Morgan fingerprint density at radius 2 is 1.61 bits per heavy atom. The molecule has 5 atom stereocenters.